The largest absolute Gasteiger partial charge is 0.298 e. The van der Waals surface area contributed by atoms with Crippen molar-refractivity contribution < 1.29 is 14.4 Å². The summed E-state index contributed by atoms with van der Waals surface area (Å²) in [5, 5.41) is 0. The smallest absolute Gasteiger partial charge is 0.191 e. The van der Waals surface area contributed by atoms with Crippen LogP contribution >= 0.6 is 23.5 Å². The standard InChI is InChI=1S/C16H14O3S2/c1-11(18)15(16-20-8-9-21-16)14(19)7-6-12-4-2-3-5-13(12)10-17/h2-7,10H,8-9H2,1H3/b7-6+. The molecule has 0 saturated carbocycles. The van der Waals surface area contributed by atoms with Gasteiger partial charge in [0.15, 0.2) is 17.9 Å². The predicted molar refractivity (Wildman–Crippen MR) is 88.5 cm³/mol. The van der Waals surface area contributed by atoms with Crippen molar-refractivity contribution in [2.75, 3.05) is 11.5 Å². The molecule has 1 heterocycles. The number of ketones is 2. The fraction of sp³-hybridized carbons (Fsp3) is 0.188. The maximum absolute atomic E-state index is 12.3. The van der Waals surface area contributed by atoms with Gasteiger partial charge in [0.1, 0.15) is 0 Å². The van der Waals surface area contributed by atoms with E-state index in [0.29, 0.717) is 11.1 Å². The van der Waals surface area contributed by atoms with Crippen LogP contribution in [0.2, 0.25) is 0 Å². The van der Waals surface area contributed by atoms with Crippen LogP contribution in [0, 0.1) is 0 Å². The Morgan fingerprint density at radius 1 is 1.10 bits per heavy atom. The highest BCUT2D eigenvalue weighted by atomic mass is 32.2. The van der Waals surface area contributed by atoms with E-state index < -0.39 is 0 Å². The number of aldehydes is 1. The average molecular weight is 318 g/mol. The minimum atomic E-state index is -0.305. The highest BCUT2D eigenvalue weighted by Gasteiger charge is 2.21. The van der Waals surface area contributed by atoms with E-state index in [1.54, 1.807) is 53.9 Å². The number of Topliss-reactive ketones (excluding diaryl/α,β-unsaturated/α-hetero) is 1. The zero-order valence-electron chi connectivity index (χ0n) is 11.5. The number of thioether (sulfide) groups is 2. The molecule has 2 rings (SSSR count). The second-order valence-corrected chi connectivity index (χ2v) is 6.83. The van der Waals surface area contributed by atoms with Crippen LogP contribution in [0.4, 0.5) is 0 Å². The number of benzene rings is 1. The Bertz CT molecular complexity index is 637. The predicted octanol–water partition coefficient (Wildman–Crippen LogP) is 3.36. The topological polar surface area (TPSA) is 51.2 Å². The zero-order valence-corrected chi connectivity index (χ0v) is 13.1. The van der Waals surface area contributed by atoms with Crippen molar-refractivity contribution in [3.8, 4) is 0 Å². The van der Waals surface area contributed by atoms with Crippen molar-refractivity contribution in [1.82, 2.24) is 0 Å². The second-order valence-electron chi connectivity index (χ2n) is 4.36. The van der Waals surface area contributed by atoms with E-state index in [9.17, 15) is 14.4 Å². The van der Waals surface area contributed by atoms with Crippen LogP contribution < -0.4 is 0 Å². The Morgan fingerprint density at radius 3 is 2.29 bits per heavy atom. The summed E-state index contributed by atoms with van der Waals surface area (Å²) < 4.78 is 0.806. The van der Waals surface area contributed by atoms with Gasteiger partial charge in [-0.2, -0.15) is 0 Å². The molecule has 0 aliphatic carbocycles. The van der Waals surface area contributed by atoms with E-state index in [1.807, 2.05) is 0 Å². The average Bonchev–Trinajstić information content (AvgIpc) is 2.99. The van der Waals surface area contributed by atoms with Gasteiger partial charge in [0.25, 0.3) is 0 Å². The molecule has 1 aromatic carbocycles. The van der Waals surface area contributed by atoms with Gasteiger partial charge >= 0.3 is 0 Å². The first-order chi connectivity index (χ1) is 10.1. The van der Waals surface area contributed by atoms with Crippen LogP contribution in [0.15, 0.2) is 40.2 Å². The van der Waals surface area contributed by atoms with Crippen molar-refractivity contribution in [2.45, 2.75) is 6.92 Å². The highest BCUT2D eigenvalue weighted by molar-refractivity contribution is 8.25. The number of carbonyl (C=O) groups is 3. The molecule has 0 amide bonds. The molecule has 1 aliphatic rings. The number of rotatable bonds is 5. The van der Waals surface area contributed by atoms with Gasteiger partial charge in [-0.3, -0.25) is 14.4 Å². The van der Waals surface area contributed by atoms with E-state index in [1.165, 1.54) is 13.0 Å². The van der Waals surface area contributed by atoms with E-state index >= 15 is 0 Å². The van der Waals surface area contributed by atoms with E-state index in [4.69, 9.17) is 0 Å². The first-order valence-electron chi connectivity index (χ1n) is 6.41. The van der Waals surface area contributed by atoms with Crippen molar-refractivity contribution in [2.24, 2.45) is 0 Å². The molecule has 21 heavy (non-hydrogen) atoms. The third kappa shape index (κ3) is 3.95. The Morgan fingerprint density at radius 2 is 1.71 bits per heavy atom. The molecule has 0 bridgehead atoms. The minimum Gasteiger partial charge on any atom is -0.298 e. The number of carbonyl (C=O) groups excluding carboxylic acids is 3. The molecule has 5 heteroatoms. The van der Waals surface area contributed by atoms with Crippen molar-refractivity contribution in [3.63, 3.8) is 0 Å². The number of allylic oxidation sites excluding steroid dienone is 2. The van der Waals surface area contributed by atoms with Gasteiger partial charge in [-0.1, -0.05) is 30.3 Å². The van der Waals surface area contributed by atoms with Crippen molar-refractivity contribution >= 4 is 47.5 Å². The zero-order chi connectivity index (χ0) is 15.2. The third-order valence-corrected chi connectivity index (χ3v) is 5.60. The molecular formula is C16H14O3S2. The monoisotopic (exact) mass is 318 g/mol. The summed E-state index contributed by atoms with van der Waals surface area (Å²) in [7, 11) is 0. The fourth-order valence-electron chi connectivity index (χ4n) is 1.89. The Balaban J connectivity index is 2.27. The Hall–Kier alpha value is -1.59. The SMILES string of the molecule is CC(=O)C(C(=O)/C=C/c1ccccc1C=O)=C1SCCS1. The molecule has 108 valence electrons. The molecule has 1 aromatic rings. The van der Waals surface area contributed by atoms with Crippen LogP contribution in [-0.2, 0) is 9.59 Å². The van der Waals surface area contributed by atoms with Crippen LogP contribution in [-0.4, -0.2) is 29.4 Å². The lowest BCUT2D eigenvalue weighted by atomic mass is 10.1. The Kier molecular flexibility index (Phi) is 5.59. The highest BCUT2D eigenvalue weighted by Crippen LogP contribution is 2.39. The first-order valence-corrected chi connectivity index (χ1v) is 8.38. The molecule has 0 radical (unpaired) electrons. The van der Waals surface area contributed by atoms with Gasteiger partial charge in [-0.05, 0) is 18.6 Å². The van der Waals surface area contributed by atoms with Crippen LogP contribution in [0.5, 0.6) is 0 Å². The lowest BCUT2D eigenvalue weighted by Crippen LogP contribution is -2.08. The summed E-state index contributed by atoms with van der Waals surface area (Å²) in [6, 6.07) is 7.00. The molecule has 1 aliphatic heterocycles. The number of hydrogen-bond acceptors (Lipinski definition) is 5. The van der Waals surface area contributed by atoms with E-state index in [0.717, 1.165) is 22.0 Å². The molecular weight excluding hydrogens is 304 g/mol. The normalized spacial score (nSPS) is 14.4. The maximum atomic E-state index is 12.3. The quantitative estimate of drug-likeness (QED) is 0.361. The lowest BCUT2D eigenvalue weighted by molar-refractivity contribution is -0.118. The Labute approximate surface area is 131 Å². The molecule has 0 unspecified atom stereocenters. The molecule has 0 N–H and O–H groups in total. The van der Waals surface area contributed by atoms with Gasteiger partial charge in [-0.15, -0.1) is 23.5 Å². The van der Waals surface area contributed by atoms with Gasteiger partial charge in [0.05, 0.1) is 9.81 Å². The van der Waals surface area contributed by atoms with Crippen LogP contribution in [0.1, 0.15) is 22.8 Å². The lowest BCUT2D eigenvalue weighted by Gasteiger charge is -2.03. The summed E-state index contributed by atoms with van der Waals surface area (Å²) in [5.74, 6) is 1.31. The van der Waals surface area contributed by atoms with Crippen molar-refractivity contribution in [3.05, 3.63) is 51.3 Å². The third-order valence-electron chi connectivity index (χ3n) is 2.89. The minimum absolute atomic E-state index is 0.217. The summed E-state index contributed by atoms with van der Waals surface area (Å²) in [4.78, 5) is 34.9. The van der Waals surface area contributed by atoms with Crippen molar-refractivity contribution in [1.29, 1.82) is 0 Å². The second kappa shape index (κ2) is 7.43. The summed E-state index contributed by atoms with van der Waals surface area (Å²) in [5.41, 5.74) is 1.44. The molecule has 0 atom stereocenters. The van der Waals surface area contributed by atoms with Gasteiger partial charge in [-0.25, -0.2) is 0 Å². The fourth-order valence-corrected chi connectivity index (χ4v) is 4.54. The maximum Gasteiger partial charge on any atom is 0.191 e. The molecule has 0 aromatic heterocycles. The van der Waals surface area contributed by atoms with Crippen LogP contribution in [0.3, 0.4) is 0 Å². The summed E-state index contributed by atoms with van der Waals surface area (Å²) >= 11 is 3.09. The first kappa shape index (κ1) is 15.8. The van der Waals surface area contributed by atoms with Crippen LogP contribution in [0.25, 0.3) is 6.08 Å². The van der Waals surface area contributed by atoms with Gasteiger partial charge in [0.2, 0.25) is 0 Å². The summed E-state index contributed by atoms with van der Waals surface area (Å²) in [6.07, 6.45) is 3.70. The number of hydrogen-bond donors (Lipinski definition) is 0. The molecule has 1 fully saturated rings. The summed E-state index contributed by atoms with van der Waals surface area (Å²) in [6.45, 7) is 1.41. The van der Waals surface area contributed by atoms with E-state index in [-0.39, 0.29) is 17.1 Å². The molecule has 3 nitrogen and oxygen atoms in total. The van der Waals surface area contributed by atoms with E-state index in [2.05, 4.69) is 0 Å². The molecule has 1 saturated heterocycles. The van der Waals surface area contributed by atoms with Gasteiger partial charge in [0, 0.05) is 17.1 Å². The molecule has 0 spiro atoms. The van der Waals surface area contributed by atoms with Gasteiger partial charge < -0.3 is 0 Å².